The van der Waals surface area contributed by atoms with Crippen LogP contribution >= 0.6 is 0 Å². The summed E-state index contributed by atoms with van der Waals surface area (Å²) in [5.41, 5.74) is 6.05. The van der Waals surface area contributed by atoms with E-state index in [1.165, 1.54) is 6.08 Å². The third-order valence-corrected chi connectivity index (χ3v) is 5.20. The molecule has 3 N–H and O–H groups in total. The fourth-order valence-corrected chi connectivity index (χ4v) is 3.36. The Labute approximate surface area is 197 Å². The molecule has 176 valence electrons. The molecule has 0 aliphatic carbocycles. The number of fused-ring (bicyclic) bond motifs is 1. The number of H-pyrrole nitrogens is 1. The number of rotatable bonds is 10. The molecule has 4 rings (SSSR count). The lowest BCUT2D eigenvalue weighted by molar-refractivity contribution is -0.0154. The first-order valence-electron chi connectivity index (χ1n) is 11.2. The number of tetrazole rings is 1. The predicted octanol–water partition coefficient (Wildman–Crippen LogP) is 3.80. The van der Waals surface area contributed by atoms with Crippen LogP contribution in [0.25, 0.3) is 6.08 Å². The van der Waals surface area contributed by atoms with E-state index in [0.717, 1.165) is 30.6 Å². The van der Waals surface area contributed by atoms with Crippen LogP contribution in [0, 0.1) is 0 Å². The molecule has 0 amide bonds. The van der Waals surface area contributed by atoms with Gasteiger partial charge in [-0.05, 0) is 59.2 Å². The first kappa shape index (κ1) is 23.2. The number of hydrogen-bond donors (Lipinski definition) is 2. The lowest BCUT2D eigenvalue weighted by atomic mass is 10.1. The zero-order valence-corrected chi connectivity index (χ0v) is 18.9. The molecule has 0 saturated heterocycles. The zero-order valence-electron chi connectivity index (χ0n) is 18.9. The van der Waals surface area contributed by atoms with E-state index < -0.39 is 5.72 Å². The number of nitrogens with zero attached hydrogens (tertiary/aromatic N) is 3. The molecular formula is C25H27N5O4. The second kappa shape index (κ2) is 10.8. The van der Waals surface area contributed by atoms with Gasteiger partial charge in [-0.1, -0.05) is 49.8 Å². The van der Waals surface area contributed by atoms with Crippen LogP contribution in [0.5, 0.6) is 17.2 Å². The topological polar surface area (TPSA) is 125 Å². The summed E-state index contributed by atoms with van der Waals surface area (Å²) >= 11 is 0. The van der Waals surface area contributed by atoms with Crippen molar-refractivity contribution in [2.75, 3.05) is 13.2 Å². The van der Waals surface area contributed by atoms with Gasteiger partial charge in [-0.25, -0.2) is 5.10 Å². The van der Waals surface area contributed by atoms with Gasteiger partial charge in [-0.3, -0.25) is 10.5 Å². The molecule has 2 aromatic carbocycles. The summed E-state index contributed by atoms with van der Waals surface area (Å²) in [6, 6.07) is 12.7. The molecule has 0 bridgehead atoms. The van der Waals surface area contributed by atoms with Crippen molar-refractivity contribution in [2.24, 2.45) is 5.73 Å². The number of para-hydroxylation sites is 1. The van der Waals surface area contributed by atoms with E-state index in [1.54, 1.807) is 24.3 Å². The standard InChI is InChI=1S/C25H27N5O4/c1-2-3-4-5-6-16-32-19-13-10-18(11-14-19)12-15-21(31)20-8-7-9-22-23(20)34-25(26,17-33-22)24-27-29-30-28-24/h4-5,7-15H,2-3,6,16-17,26H2,1H3,(H,27,28,29,30)/b5-4+,15-12?. The summed E-state index contributed by atoms with van der Waals surface area (Å²) in [7, 11) is 0. The van der Waals surface area contributed by atoms with Gasteiger partial charge in [0.25, 0.3) is 5.72 Å². The number of allylic oxidation sites excluding steroid dienone is 2. The molecule has 9 nitrogen and oxygen atoms in total. The highest BCUT2D eigenvalue weighted by Crippen LogP contribution is 2.39. The molecule has 0 spiro atoms. The van der Waals surface area contributed by atoms with E-state index in [4.69, 9.17) is 19.9 Å². The fraction of sp³-hybridized carbons (Fsp3) is 0.280. The first-order valence-corrected chi connectivity index (χ1v) is 11.2. The highest BCUT2D eigenvalue weighted by molar-refractivity contribution is 6.09. The molecule has 3 aromatic rings. The van der Waals surface area contributed by atoms with Crippen molar-refractivity contribution in [1.82, 2.24) is 20.6 Å². The van der Waals surface area contributed by atoms with Crippen molar-refractivity contribution >= 4 is 11.9 Å². The SMILES string of the molecule is CCC/C=C/CCOc1ccc(C=CC(=O)c2cccc3c2OC(N)(c2nnn[nH]2)CO3)cc1. The normalized spacial score (nSPS) is 17.4. The quantitative estimate of drug-likeness (QED) is 0.202. The number of unbranched alkanes of at least 4 members (excludes halogenated alkanes) is 1. The molecule has 34 heavy (non-hydrogen) atoms. The summed E-state index contributed by atoms with van der Waals surface area (Å²) in [6.45, 7) is 2.78. The van der Waals surface area contributed by atoms with E-state index in [1.807, 2.05) is 24.3 Å². The van der Waals surface area contributed by atoms with Crippen molar-refractivity contribution in [3.05, 3.63) is 77.6 Å². The Morgan fingerprint density at radius 2 is 2.03 bits per heavy atom. The molecule has 1 unspecified atom stereocenters. The van der Waals surface area contributed by atoms with Gasteiger partial charge >= 0.3 is 0 Å². The summed E-state index contributed by atoms with van der Waals surface area (Å²) in [5.74, 6) is 1.42. The molecular weight excluding hydrogens is 434 g/mol. The lowest BCUT2D eigenvalue weighted by Crippen LogP contribution is -2.51. The maximum Gasteiger partial charge on any atom is 0.254 e. The second-order valence-electron chi connectivity index (χ2n) is 7.83. The third kappa shape index (κ3) is 5.49. The van der Waals surface area contributed by atoms with Gasteiger partial charge in [-0.15, -0.1) is 5.10 Å². The number of nitrogens with one attached hydrogen (secondary N) is 1. The maximum atomic E-state index is 13.0. The van der Waals surface area contributed by atoms with Gasteiger partial charge in [-0.2, -0.15) is 0 Å². The Balaban J connectivity index is 1.40. The highest BCUT2D eigenvalue weighted by atomic mass is 16.6. The largest absolute Gasteiger partial charge is 0.493 e. The molecule has 1 aliphatic heterocycles. The number of nitrogens with two attached hydrogens (primary N) is 1. The Morgan fingerprint density at radius 3 is 2.79 bits per heavy atom. The summed E-state index contributed by atoms with van der Waals surface area (Å²) < 4.78 is 17.4. The number of aromatic nitrogens is 4. The molecule has 1 atom stereocenters. The van der Waals surface area contributed by atoms with Crippen molar-refractivity contribution in [3.63, 3.8) is 0 Å². The second-order valence-corrected chi connectivity index (χ2v) is 7.83. The van der Waals surface area contributed by atoms with Gasteiger partial charge in [0.2, 0.25) is 5.82 Å². The van der Waals surface area contributed by atoms with E-state index >= 15 is 0 Å². The minimum absolute atomic E-state index is 0.00615. The molecule has 0 fully saturated rings. The lowest BCUT2D eigenvalue weighted by Gasteiger charge is -2.33. The van der Waals surface area contributed by atoms with Gasteiger partial charge in [0.1, 0.15) is 12.4 Å². The fourth-order valence-electron chi connectivity index (χ4n) is 3.36. The third-order valence-electron chi connectivity index (χ3n) is 5.20. The highest BCUT2D eigenvalue weighted by Gasteiger charge is 2.40. The van der Waals surface area contributed by atoms with Crippen LogP contribution in [-0.2, 0) is 5.72 Å². The Bertz CT molecular complexity index is 1160. The minimum Gasteiger partial charge on any atom is -0.493 e. The zero-order chi connectivity index (χ0) is 23.8. The number of hydrogen-bond acceptors (Lipinski definition) is 8. The Kier molecular flexibility index (Phi) is 7.34. The number of ether oxygens (including phenoxy) is 3. The number of benzene rings is 2. The summed E-state index contributed by atoms with van der Waals surface area (Å²) in [4.78, 5) is 13.0. The maximum absolute atomic E-state index is 13.0. The minimum atomic E-state index is -1.43. The molecule has 2 heterocycles. The summed E-state index contributed by atoms with van der Waals surface area (Å²) in [6.07, 6.45) is 10.6. The van der Waals surface area contributed by atoms with E-state index in [2.05, 4.69) is 39.7 Å². The molecule has 1 aromatic heterocycles. The van der Waals surface area contributed by atoms with Gasteiger partial charge < -0.3 is 14.2 Å². The van der Waals surface area contributed by atoms with Crippen LogP contribution in [0.15, 0.2) is 60.7 Å². The number of carbonyl (C=O) groups is 1. The van der Waals surface area contributed by atoms with Crippen LogP contribution in [0.2, 0.25) is 0 Å². The van der Waals surface area contributed by atoms with Crippen molar-refractivity contribution in [3.8, 4) is 17.2 Å². The van der Waals surface area contributed by atoms with Crippen molar-refractivity contribution in [1.29, 1.82) is 0 Å². The van der Waals surface area contributed by atoms with Crippen LogP contribution in [0.3, 0.4) is 0 Å². The molecule has 0 radical (unpaired) electrons. The molecule has 1 aliphatic rings. The Hall–Kier alpha value is -3.98. The number of carbonyl (C=O) groups excluding carboxylic acids is 1. The van der Waals surface area contributed by atoms with Crippen LogP contribution in [0.4, 0.5) is 0 Å². The number of ketones is 1. The van der Waals surface area contributed by atoms with E-state index in [0.29, 0.717) is 17.9 Å². The summed E-state index contributed by atoms with van der Waals surface area (Å²) in [5, 5.41) is 13.5. The van der Waals surface area contributed by atoms with Gasteiger partial charge in [0.15, 0.2) is 17.3 Å². The predicted molar refractivity (Wildman–Crippen MR) is 127 cm³/mol. The van der Waals surface area contributed by atoms with Gasteiger partial charge in [0.05, 0.1) is 12.2 Å². The van der Waals surface area contributed by atoms with Crippen molar-refractivity contribution < 1.29 is 19.0 Å². The van der Waals surface area contributed by atoms with Crippen LogP contribution < -0.4 is 19.9 Å². The molecule has 9 heteroatoms. The average molecular weight is 462 g/mol. The van der Waals surface area contributed by atoms with Crippen molar-refractivity contribution in [2.45, 2.75) is 31.9 Å². The smallest absolute Gasteiger partial charge is 0.254 e. The van der Waals surface area contributed by atoms with E-state index in [9.17, 15) is 4.79 Å². The van der Waals surface area contributed by atoms with E-state index in [-0.39, 0.29) is 24.0 Å². The molecule has 0 saturated carbocycles. The first-order chi connectivity index (χ1) is 16.6. The monoisotopic (exact) mass is 461 g/mol. The Morgan fingerprint density at radius 1 is 1.21 bits per heavy atom. The van der Waals surface area contributed by atoms with Crippen LogP contribution in [0.1, 0.15) is 47.9 Å². The van der Waals surface area contributed by atoms with Gasteiger partial charge in [0, 0.05) is 0 Å². The average Bonchev–Trinajstić information content (AvgIpc) is 3.41. The number of aromatic amines is 1. The van der Waals surface area contributed by atoms with Crippen LogP contribution in [-0.4, -0.2) is 39.6 Å².